The fourth-order valence-electron chi connectivity index (χ4n) is 2.79. The lowest BCUT2D eigenvalue weighted by molar-refractivity contribution is -0.120. The van der Waals surface area contributed by atoms with Crippen LogP contribution in [0.4, 0.5) is 0 Å². The van der Waals surface area contributed by atoms with E-state index in [0.29, 0.717) is 49.5 Å². The van der Waals surface area contributed by atoms with E-state index in [1.807, 2.05) is 4.90 Å². The molecule has 9 nitrogen and oxygen atoms in total. The van der Waals surface area contributed by atoms with Crippen LogP contribution in [0.1, 0.15) is 11.7 Å². The number of benzene rings is 1. The molecule has 152 valence electrons. The quantitative estimate of drug-likeness (QED) is 0.707. The first-order chi connectivity index (χ1) is 13.3. The summed E-state index contributed by atoms with van der Waals surface area (Å²) in [6.07, 6.45) is 0.0480. The number of aromatic nitrogens is 2. The highest BCUT2D eigenvalue weighted by atomic mass is 35.5. The predicted molar refractivity (Wildman–Crippen MR) is 103 cm³/mol. The Kier molecular flexibility index (Phi) is 6.56. The molecule has 1 N–H and O–H groups in total. The Bertz CT molecular complexity index is 958. The lowest BCUT2D eigenvalue weighted by atomic mass is 10.3. The summed E-state index contributed by atoms with van der Waals surface area (Å²) < 4.78 is 32.2. The van der Waals surface area contributed by atoms with Crippen molar-refractivity contribution in [2.75, 3.05) is 33.2 Å². The van der Waals surface area contributed by atoms with Gasteiger partial charge < -0.3 is 9.84 Å². The van der Waals surface area contributed by atoms with Crippen molar-refractivity contribution in [3.05, 3.63) is 40.0 Å². The van der Waals surface area contributed by atoms with E-state index in [4.69, 9.17) is 27.7 Å². The first-order valence-electron chi connectivity index (χ1n) is 8.49. The molecular weight excluding hydrogens is 429 g/mol. The SMILES string of the molecule is CNC(=O)Cc1noc(CN2CCN(S(=O)(=O)c3cc(Cl)ccc3Cl)CC2)n1. The number of amides is 1. The minimum atomic E-state index is -3.73. The predicted octanol–water partition coefficient (Wildman–Crippen LogP) is 1.17. The fraction of sp³-hybridized carbons (Fsp3) is 0.438. The van der Waals surface area contributed by atoms with Gasteiger partial charge in [-0.05, 0) is 18.2 Å². The molecule has 28 heavy (non-hydrogen) atoms. The first-order valence-corrected chi connectivity index (χ1v) is 10.7. The van der Waals surface area contributed by atoms with E-state index in [-0.39, 0.29) is 22.2 Å². The third-order valence-electron chi connectivity index (χ3n) is 4.31. The Morgan fingerprint density at radius 3 is 2.64 bits per heavy atom. The van der Waals surface area contributed by atoms with Crippen LogP contribution in [0, 0.1) is 0 Å². The second-order valence-corrected chi connectivity index (χ2v) is 8.96. The number of carbonyl (C=O) groups excluding carboxylic acids is 1. The maximum atomic E-state index is 12.8. The maximum absolute atomic E-state index is 12.8. The Morgan fingerprint density at radius 1 is 1.25 bits per heavy atom. The molecule has 0 radical (unpaired) electrons. The van der Waals surface area contributed by atoms with Crippen molar-refractivity contribution >= 4 is 39.1 Å². The molecule has 3 rings (SSSR count). The summed E-state index contributed by atoms with van der Waals surface area (Å²) in [7, 11) is -2.19. The largest absolute Gasteiger partial charge is 0.359 e. The highest BCUT2D eigenvalue weighted by Crippen LogP contribution is 2.28. The van der Waals surface area contributed by atoms with E-state index in [9.17, 15) is 13.2 Å². The molecule has 1 aliphatic rings. The number of nitrogens with one attached hydrogen (secondary N) is 1. The molecule has 2 aromatic rings. The van der Waals surface area contributed by atoms with Crippen molar-refractivity contribution in [3.8, 4) is 0 Å². The van der Waals surface area contributed by atoms with Gasteiger partial charge in [-0.15, -0.1) is 0 Å². The summed E-state index contributed by atoms with van der Waals surface area (Å²) >= 11 is 12.0. The molecule has 1 saturated heterocycles. The monoisotopic (exact) mass is 447 g/mol. The van der Waals surface area contributed by atoms with Crippen LogP contribution in [0.5, 0.6) is 0 Å². The molecule has 0 bridgehead atoms. The average Bonchev–Trinajstić information content (AvgIpc) is 3.10. The van der Waals surface area contributed by atoms with E-state index in [0.717, 1.165) is 0 Å². The van der Waals surface area contributed by atoms with Gasteiger partial charge in [0.25, 0.3) is 0 Å². The molecule has 0 unspecified atom stereocenters. The summed E-state index contributed by atoms with van der Waals surface area (Å²) in [4.78, 5) is 17.5. The van der Waals surface area contributed by atoms with Gasteiger partial charge in [0, 0.05) is 38.2 Å². The molecule has 0 atom stereocenters. The van der Waals surface area contributed by atoms with Gasteiger partial charge in [-0.25, -0.2) is 8.42 Å². The fourth-order valence-corrected chi connectivity index (χ4v) is 4.95. The van der Waals surface area contributed by atoms with Gasteiger partial charge >= 0.3 is 0 Å². The minimum Gasteiger partial charge on any atom is -0.359 e. The lowest BCUT2D eigenvalue weighted by Gasteiger charge is -2.33. The lowest BCUT2D eigenvalue weighted by Crippen LogP contribution is -2.48. The smallest absolute Gasteiger partial charge is 0.244 e. The summed E-state index contributed by atoms with van der Waals surface area (Å²) in [5.41, 5.74) is 0. The van der Waals surface area contributed by atoms with Gasteiger partial charge in [-0.3, -0.25) is 9.69 Å². The van der Waals surface area contributed by atoms with Gasteiger partial charge in [0.15, 0.2) is 5.82 Å². The van der Waals surface area contributed by atoms with Crippen LogP contribution in [0.2, 0.25) is 10.0 Å². The van der Waals surface area contributed by atoms with Crippen LogP contribution in [0.15, 0.2) is 27.6 Å². The van der Waals surface area contributed by atoms with Crippen LogP contribution < -0.4 is 5.32 Å². The summed E-state index contributed by atoms with van der Waals surface area (Å²) in [6.45, 7) is 1.95. The third kappa shape index (κ3) is 4.81. The molecule has 0 saturated carbocycles. The second kappa shape index (κ2) is 8.75. The number of rotatable bonds is 6. The van der Waals surface area contributed by atoms with Gasteiger partial charge in [-0.1, -0.05) is 28.4 Å². The number of piperazine rings is 1. The third-order valence-corrected chi connectivity index (χ3v) is 6.92. The summed E-state index contributed by atoms with van der Waals surface area (Å²) in [5.74, 6) is 0.491. The molecule has 12 heteroatoms. The summed E-state index contributed by atoms with van der Waals surface area (Å²) in [5, 5.41) is 6.72. The van der Waals surface area contributed by atoms with Gasteiger partial charge in [0.05, 0.1) is 18.0 Å². The van der Waals surface area contributed by atoms with Crippen molar-refractivity contribution < 1.29 is 17.7 Å². The Labute approximate surface area is 172 Å². The first kappa shape index (κ1) is 21.0. The molecule has 1 aromatic heterocycles. The van der Waals surface area contributed by atoms with Gasteiger partial charge in [0.1, 0.15) is 4.90 Å². The molecular formula is C16H19Cl2N5O4S. The van der Waals surface area contributed by atoms with Crippen LogP contribution in [0.3, 0.4) is 0 Å². The highest BCUT2D eigenvalue weighted by Gasteiger charge is 2.30. The van der Waals surface area contributed by atoms with E-state index < -0.39 is 10.0 Å². The zero-order chi connectivity index (χ0) is 20.3. The Morgan fingerprint density at radius 2 is 1.96 bits per heavy atom. The number of sulfonamides is 1. The molecule has 0 aliphatic carbocycles. The van der Waals surface area contributed by atoms with Crippen molar-refractivity contribution in [2.45, 2.75) is 17.9 Å². The van der Waals surface area contributed by atoms with Crippen LogP contribution in [-0.4, -0.2) is 66.9 Å². The molecule has 1 aliphatic heterocycles. The molecule has 0 spiro atoms. The zero-order valence-corrected chi connectivity index (χ0v) is 17.4. The topological polar surface area (TPSA) is 109 Å². The van der Waals surface area contributed by atoms with Crippen molar-refractivity contribution in [1.29, 1.82) is 0 Å². The van der Waals surface area contributed by atoms with Crippen LogP contribution >= 0.6 is 23.2 Å². The molecule has 2 heterocycles. The summed E-state index contributed by atoms with van der Waals surface area (Å²) in [6, 6.07) is 4.38. The number of carbonyl (C=O) groups is 1. The van der Waals surface area contributed by atoms with Gasteiger partial charge in [0.2, 0.25) is 21.8 Å². The van der Waals surface area contributed by atoms with E-state index >= 15 is 0 Å². The number of likely N-dealkylation sites (N-methyl/N-ethyl adjacent to an activating group) is 1. The Balaban J connectivity index is 1.60. The second-order valence-electron chi connectivity index (χ2n) is 6.21. The number of halogens is 2. The van der Waals surface area contributed by atoms with E-state index in [2.05, 4.69) is 15.5 Å². The minimum absolute atomic E-state index is 0.00543. The molecule has 1 fully saturated rings. The Hall–Kier alpha value is -1.72. The van der Waals surface area contributed by atoms with E-state index in [1.165, 1.54) is 23.5 Å². The number of hydrogen-bond acceptors (Lipinski definition) is 7. The van der Waals surface area contributed by atoms with Gasteiger partial charge in [-0.2, -0.15) is 9.29 Å². The van der Waals surface area contributed by atoms with Crippen molar-refractivity contribution in [1.82, 2.24) is 24.7 Å². The number of nitrogens with zero attached hydrogens (tertiary/aromatic N) is 4. The standard InChI is InChI=1S/C16H19Cl2N5O4S/c1-19-15(24)9-14-20-16(27-21-14)10-22-4-6-23(7-5-22)28(25,26)13-8-11(17)2-3-12(13)18/h2-3,8H,4-7,9-10H2,1H3,(H,19,24). The normalized spacial score (nSPS) is 16.2. The maximum Gasteiger partial charge on any atom is 0.244 e. The average molecular weight is 448 g/mol. The van der Waals surface area contributed by atoms with Crippen molar-refractivity contribution in [2.24, 2.45) is 0 Å². The zero-order valence-electron chi connectivity index (χ0n) is 15.1. The van der Waals surface area contributed by atoms with Crippen LogP contribution in [-0.2, 0) is 27.8 Å². The highest BCUT2D eigenvalue weighted by molar-refractivity contribution is 7.89. The van der Waals surface area contributed by atoms with E-state index in [1.54, 1.807) is 6.07 Å². The van der Waals surface area contributed by atoms with Crippen LogP contribution in [0.25, 0.3) is 0 Å². The molecule has 1 aromatic carbocycles. The molecule has 1 amide bonds. The van der Waals surface area contributed by atoms with Crippen molar-refractivity contribution in [3.63, 3.8) is 0 Å². The number of hydrogen-bond donors (Lipinski definition) is 1.